The highest BCUT2D eigenvalue weighted by atomic mass is 32.2. The largest absolute Gasteiger partial charge is 0.496 e. The van der Waals surface area contributed by atoms with Crippen molar-refractivity contribution in [2.24, 2.45) is 0 Å². The van der Waals surface area contributed by atoms with E-state index in [0.717, 1.165) is 24.9 Å². The number of ether oxygens (including phenoxy) is 1. The highest BCUT2D eigenvalue weighted by Gasteiger charge is 2.47. The lowest BCUT2D eigenvalue weighted by atomic mass is 9.89. The fourth-order valence-electron chi connectivity index (χ4n) is 4.67. The van der Waals surface area contributed by atoms with Crippen molar-refractivity contribution in [3.63, 3.8) is 0 Å². The number of unbranched alkanes of at least 4 members (excludes halogenated alkanes) is 1. The van der Waals surface area contributed by atoms with Crippen molar-refractivity contribution < 1.29 is 23.1 Å². The zero-order valence-corrected chi connectivity index (χ0v) is 23.4. The number of nitrogens with zero attached hydrogens (tertiary/aromatic N) is 2. The Morgan fingerprint density at radius 3 is 2.51 bits per heavy atom. The zero-order chi connectivity index (χ0) is 25.6. The standard InChI is InChI=1S/C25H35N2O5PS2/c1-5-7-13-25(6-2)18-26(20-11-9-8-10-12-20)21-15-22(32-3)19(16-34-17-24(28)29)14-23(21)35(30,31)27(25)33-4/h8-12,14-15,33H,5-7,13,16-18H2,1-4H3,(H,28,29). The second-order valence-corrected chi connectivity index (χ2v) is 12.6. The molecule has 1 N–H and O–H groups in total. The van der Waals surface area contributed by atoms with Crippen molar-refractivity contribution in [3.8, 4) is 5.75 Å². The molecule has 2 atom stereocenters. The number of rotatable bonds is 11. The monoisotopic (exact) mass is 538 g/mol. The molecule has 0 saturated carbocycles. The average molecular weight is 539 g/mol. The molecule has 0 spiro atoms. The van der Waals surface area contributed by atoms with Gasteiger partial charge in [0.1, 0.15) is 10.6 Å². The van der Waals surface area contributed by atoms with Gasteiger partial charge in [0.2, 0.25) is 10.0 Å². The van der Waals surface area contributed by atoms with Crippen LogP contribution in [0.3, 0.4) is 0 Å². The van der Waals surface area contributed by atoms with E-state index in [1.165, 1.54) is 11.8 Å². The molecule has 1 heterocycles. The Morgan fingerprint density at radius 2 is 1.94 bits per heavy atom. The van der Waals surface area contributed by atoms with Gasteiger partial charge in [-0.3, -0.25) is 4.79 Å². The van der Waals surface area contributed by atoms with Gasteiger partial charge in [-0.25, -0.2) is 8.42 Å². The number of anilines is 2. The first-order valence-electron chi connectivity index (χ1n) is 11.8. The molecule has 3 rings (SSSR count). The average Bonchev–Trinajstić information content (AvgIpc) is 2.93. The molecule has 1 aliphatic heterocycles. The van der Waals surface area contributed by atoms with Gasteiger partial charge in [-0.15, -0.1) is 11.8 Å². The van der Waals surface area contributed by atoms with Gasteiger partial charge in [0.25, 0.3) is 0 Å². The van der Waals surface area contributed by atoms with Crippen molar-refractivity contribution in [1.29, 1.82) is 0 Å². The number of para-hydroxylation sites is 1. The third-order valence-corrected chi connectivity index (χ3v) is 11.3. The van der Waals surface area contributed by atoms with E-state index in [1.54, 1.807) is 23.3 Å². The molecule has 0 aromatic heterocycles. The highest BCUT2D eigenvalue weighted by Crippen LogP contribution is 2.49. The van der Waals surface area contributed by atoms with Crippen molar-refractivity contribution in [1.82, 2.24) is 4.08 Å². The fourth-order valence-corrected chi connectivity index (χ4v) is 9.17. The van der Waals surface area contributed by atoms with E-state index in [9.17, 15) is 13.2 Å². The molecule has 0 saturated heterocycles. The van der Waals surface area contributed by atoms with Crippen LogP contribution < -0.4 is 9.64 Å². The zero-order valence-electron chi connectivity index (χ0n) is 20.8. The lowest BCUT2D eigenvalue weighted by Crippen LogP contribution is -2.51. The third-order valence-electron chi connectivity index (χ3n) is 6.46. The maximum Gasteiger partial charge on any atom is 0.313 e. The summed E-state index contributed by atoms with van der Waals surface area (Å²) in [5, 5.41) is 9.05. The number of carboxylic acids is 1. The number of thioether (sulfide) groups is 1. The molecule has 192 valence electrons. The number of benzene rings is 2. The quantitative estimate of drug-likeness (QED) is 0.366. The summed E-state index contributed by atoms with van der Waals surface area (Å²) < 4.78 is 35.9. The molecule has 0 fully saturated rings. The highest BCUT2D eigenvalue weighted by molar-refractivity contribution is 7.99. The lowest BCUT2D eigenvalue weighted by molar-refractivity contribution is -0.133. The summed E-state index contributed by atoms with van der Waals surface area (Å²) in [6.45, 7) is 6.67. The predicted octanol–water partition coefficient (Wildman–Crippen LogP) is 5.72. The van der Waals surface area contributed by atoms with Crippen LogP contribution in [0.25, 0.3) is 0 Å². The van der Waals surface area contributed by atoms with E-state index >= 15 is 0 Å². The van der Waals surface area contributed by atoms with Crippen LogP contribution in [-0.4, -0.2) is 55.2 Å². The smallest absolute Gasteiger partial charge is 0.313 e. The minimum atomic E-state index is -3.83. The molecule has 2 aromatic rings. The van der Waals surface area contributed by atoms with Gasteiger partial charge in [-0.1, -0.05) is 44.9 Å². The van der Waals surface area contributed by atoms with E-state index in [4.69, 9.17) is 9.84 Å². The van der Waals surface area contributed by atoms with E-state index < -0.39 is 21.5 Å². The van der Waals surface area contributed by atoms with E-state index in [1.807, 2.05) is 37.0 Å². The first-order valence-corrected chi connectivity index (χ1v) is 15.8. The van der Waals surface area contributed by atoms with Gasteiger partial charge in [-0.05, 0) is 46.4 Å². The molecule has 10 heteroatoms. The first-order chi connectivity index (χ1) is 16.7. The first kappa shape index (κ1) is 27.8. The molecule has 2 aromatic carbocycles. The van der Waals surface area contributed by atoms with Crippen LogP contribution in [-0.2, 0) is 20.6 Å². The molecule has 0 radical (unpaired) electrons. The Bertz CT molecular complexity index is 1130. The van der Waals surface area contributed by atoms with E-state index in [0.29, 0.717) is 35.7 Å². The Labute approximate surface area is 215 Å². The van der Waals surface area contributed by atoms with Crippen molar-refractivity contribution >= 4 is 47.9 Å². The Morgan fingerprint density at radius 1 is 1.23 bits per heavy atom. The molecule has 2 unspecified atom stereocenters. The normalized spacial score (nSPS) is 20.1. The summed E-state index contributed by atoms with van der Waals surface area (Å²) in [5.41, 5.74) is 1.64. The minimum absolute atomic E-state index is 0.0679. The van der Waals surface area contributed by atoms with Crippen LogP contribution in [0.4, 0.5) is 11.4 Å². The molecule has 0 amide bonds. The molecule has 7 nitrogen and oxygen atoms in total. The number of hydrogen-bond donors (Lipinski definition) is 1. The van der Waals surface area contributed by atoms with Gasteiger partial charge in [-0.2, -0.15) is 4.08 Å². The number of methoxy groups -OCH3 is 1. The van der Waals surface area contributed by atoms with Gasteiger partial charge in [0.15, 0.2) is 0 Å². The van der Waals surface area contributed by atoms with Crippen LogP contribution in [0.2, 0.25) is 0 Å². The molecule has 0 aliphatic carbocycles. The summed E-state index contributed by atoms with van der Waals surface area (Å²) in [5.74, 6) is -0.0802. The van der Waals surface area contributed by atoms with Gasteiger partial charge in [0.05, 0.1) is 24.1 Å². The summed E-state index contributed by atoms with van der Waals surface area (Å²) >= 11 is 1.22. The number of carboxylic acid groups (broad SMARTS) is 1. The van der Waals surface area contributed by atoms with Crippen molar-refractivity contribution in [2.45, 2.75) is 55.7 Å². The SMILES string of the molecule is CCCCC1(CC)CN(c2ccccc2)c2cc(OC)c(CSCC(=O)O)cc2S(=O)(=O)N1PC. The molecule has 0 bridgehead atoms. The summed E-state index contributed by atoms with van der Waals surface area (Å²) in [4.78, 5) is 13.4. The number of sulfonamides is 1. The minimum Gasteiger partial charge on any atom is -0.496 e. The Hall–Kier alpha value is -1.80. The van der Waals surface area contributed by atoms with Gasteiger partial charge in [0, 0.05) is 29.6 Å². The summed E-state index contributed by atoms with van der Waals surface area (Å²) in [6, 6.07) is 13.4. The van der Waals surface area contributed by atoms with Crippen LogP contribution in [0.1, 0.15) is 45.1 Å². The van der Waals surface area contributed by atoms with Crippen molar-refractivity contribution in [2.75, 3.05) is 31.0 Å². The number of aliphatic carboxylic acids is 1. The Balaban J connectivity index is 2.28. The number of carbonyl (C=O) groups is 1. The second-order valence-electron chi connectivity index (χ2n) is 8.61. The van der Waals surface area contributed by atoms with Crippen molar-refractivity contribution in [3.05, 3.63) is 48.0 Å². The third kappa shape index (κ3) is 5.79. The molecular weight excluding hydrogens is 503 g/mol. The van der Waals surface area contributed by atoms with Crippen LogP contribution in [0.5, 0.6) is 5.75 Å². The van der Waals surface area contributed by atoms with E-state index in [-0.39, 0.29) is 19.4 Å². The number of fused-ring (bicyclic) bond motifs is 1. The number of hydrogen-bond acceptors (Lipinski definition) is 6. The van der Waals surface area contributed by atoms with Crippen LogP contribution >= 0.6 is 20.5 Å². The van der Waals surface area contributed by atoms with Gasteiger partial charge < -0.3 is 14.7 Å². The summed E-state index contributed by atoms with van der Waals surface area (Å²) in [6.07, 6.45) is 3.39. The maximum absolute atomic E-state index is 14.3. The fraction of sp³-hybridized carbons (Fsp3) is 0.480. The second kappa shape index (κ2) is 12.0. The maximum atomic E-state index is 14.3. The van der Waals surface area contributed by atoms with Gasteiger partial charge >= 0.3 is 5.97 Å². The Kier molecular flexibility index (Phi) is 9.49. The topological polar surface area (TPSA) is 87.1 Å². The van der Waals surface area contributed by atoms with Crippen LogP contribution in [0.15, 0.2) is 47.4 Å². The molecular formula is C25H35N2O5PS2. The molecule has 35 heavy (non-hydrogen) atoms. The van der Waals surface area contributed by atoms with Crippen LogP contribution in [0, 0.1) is 0 Å². The van der Waals surface area contributed by atoms with E-state index in [2.05, 4.69) is 18.7 Å². The molecule has 1 aliphatic rings. The summed E-state index contributed by atoms with van der Waals surface area (Å²) in [7, 11) is -2.19. The predicted molar refractivity (Wildman–Crippen MR) is 146 cm³/mol. The lowest BCUT2D eigenvalue weighted by Gasteiger charge is -2.42.